The zero-order valence-electron chi connectivity index (χ0n) is 9.47. The van der Waals surface area contributed by atoms with E-state index in [1.54, 1.807) is 6.07 Å². The maximum Gasteiger partial charge on any atom is 0.124 e. The Balaban J connectivity index is 2.70. The van der Waals surface area contributed by atoms with Crippen LogP contribution in [0.15, 0.2) is 22.7 Å². The standard InChI is InChI=1S/C12H18BrFN2/c1-2-3-4-5-12(16-15)10-7-6-9(14)8-11(10)13/h6-8,12,16H,2-5,15H2,1H3. The van der Waals surface area contributed by atoms with E-state index in [9.17, 15) is 4.39 Å². The molecule has 1 unspecified atom stereocenters. The van der Waals surface area contributed by atoms with Crippen LogP contribution in [0.1, 0.15) is 44.2 Å². The third-order valence-corrected chi connectivity index (χ3v) is 3.32. The third kappa shape index (κ3) is 3.85. The number of halogens is 2. The highest BCUT2D eigenvalue weighted by atomic mass is 79.9. The fourth-order valence-electron chi connectivity index (χ4n) is 1.71. The average molecular weight is 289 g/mol. The minimum atomic E-state index is -0.236. The van der Waals surface area contributed by atoms with E-state index in [-0.39, 0.29) is 11.9 Å². The summed E-state index contributed by atoms with van der Waals surface area (Å²) in [6, 6.07) is 4.79. The molecule has 16 heavy (non-hydrogen) atoms. The van der Waals surface area contributed by atoms with E-state index in [1.165, 1.54) is 25.0 Å². The zero-order valence-corrected chi connectivity index (χ0v) is 11.1. The fraction of sp³-hybridized carbons (Fsp3) is 0.500. The van der Waals surface area contributed by atoms with Crippen LogP contribution >= 0.6 is 15.9 Å². The Morgan fingerprint density at radius 2 is 2.19 bits per heavy atom. The first-order valence-electron chi connectivity index (χ1n) is 5.60. The van der Waals surface area contributed by atoms with Crippen molar-refractivity contribution in [3.8, 4) is 0 Å². The molecule has 0 saturated carbocycles. The monoisotopic (exact) mass is 288 g/mol. The van der Waals surface area contributed by atoms with Gasteiger partial charge in [0, 0.05) is 10.5 Å². The molecule has 0 heterocycles. The van der Waals surface area contributed by atoms with Gasteiger partial charge in [-0.3, -0.25) is 11.3 Å². The van der Waals surface area contributed by atoms with E-state index in [0.29, 0.717) is 0 Å². The summed E-state index contributed by atoms with van der Waals surface area (Å²) in [7, 11) is 0. The summed E-state index contributed by atoms with van der Waals surface area (Å²) in [6.45, 7) is 2.17. The molecule has 1 atom stereocenters. The summed E-state index contributed by atoms with van der Waals surface area (Å²) >= 11 is 3.36. The van der Waals surface area contributed by atoms with Crippen molar-refractivity contribution < 1.29 is 4.39 Å². The first kappa shape index (κ1) is 13.6. The molecule has 0 spiro atoms. The minimum absolute atomic E-state index is 0.0847. The Labute approximate surface area is 105 Å². The Hall–Kier alpha value is -0.450. The van der Waals surface area contributed by atoms with Crippen molar-refractivity contribution in [3.63, 3.8) is 0 Å². The Kier molecular flexibility index (Phi) is 5.95. The molecule has 0 aliphatic rings. The van der Waals surface area contributed by atoms with Crippen LogP contribution in [0.3, 0.4) is 0 Å². The van der Waals surface area contributed by atoms with Crippen molar-refractivity contribution in [1.29, 1.82) is 0 Å². The molecule has 90 valence electrons. The second-order valence-corrected chi connectivity index (χ2v) is 4.74. The van der Waals surface area contributed by atoms with Gasteiger partial charge >= 0.3 is 0 Å². The van der Waals surface area contributed by atoms with Gasteiger partial charge in [-0.15, -0.1) is 0 Å². The molecule has 4 heteroatoms. The molecule has 0 radical (unpaired) electrons. The summed E-state index contributed by atoms with van der Waals surface area (Å²) in [5, 5.41) is 0. The minimum Gasteiger partial charge on any atom is -0.271 e. The van der Waals surface area contributed by atoms with Crippen LogP contribution < -0.4 is 11.3 Å². The lowest BCUT2D eigenvalue weighted by Crippen LogP contribution is -2.28. The number of nitrogens with one attached hydrogen (secondary N) is 1. The second kappa shape index (κ2) is 6.99. The molecule has 1 aromatic rings. The molecular weight excluding hydrogens is 271 g/mol. The van der Waals surface area contributed by atoms with Gasteiger partial charge in [-0.05, 0) is 24.1 Å². The molecule has 0 fully saturated rings. The highest BCUT2D eigenvalue weighted by Crippen LogP contribution is 2.27. The van der Waals surface area contributed by atoms with Gasteiger partial charge < -0.3 is 0 Å². The van der Waals surface area contributed by atoms with Crippen LogP contribution in [0.2, 0.25) is 0 Å². The van der Waals surface area contributed by atoms with E-state index in [4.69, 9.17) is 5.84 Å². The maximum atomic E-state index is 12.9. The number of hydrazine groups is 1. The highest BCUT2D eigenvalue weighted by molar-refractivity contribution is 9.10. The molecule has 1 rings (SSSR count). The van der Waals surface area contributed by atoms with Crippen molar-refractivity contribution in [2.45, 2.75) is 38.6 Å². The lowest BCUT2D eigenvalue weighted by atomic mass is 10.0. The van der Waals surface area contributed by atoms with Crippen molar-refractivity contribution in [2.75, 3.05) is 0 Å². The predicted molar refractivity (Wildman–Crippen MR) is 68.3 cm³/mol. The van der Waals surface area contributed by atoms with E-state index in [0.717, 1.165) is 22.9 Å². The topological polar surface area (TPSA) is 38.0 Å². The highest BCUT2D eigenvalue weighted by Gasteiger charge is 2.12. The SMILES string of the molecule is CCCCCC(NN)c1ccc(F)cc1Br. The van der Waals surface area contributed by atoms with E-state index in [2.05, 4.69) is 28.3 Å². The number of unbranched alkanes of at least 4 members (excludes halogenated alkanes) is 2. The summed E-state index contributed by atoms with van der Waals surface area (Å²) < 4.78 is 13.7. The van der Waals surface area contributed by atoms with Gasteiger partial charge in [0.25, 0.3) is 0 Å². The van der Waals surface area contributed by atoms with E-state index < -0.39 is 0 Å². The normalized spacial score (nSPS) is 12.8. The van der Waals surface area contributed by atoms with Crippen molar-refractivity contribution in [3.05, 3.63) is 34.1 Å². The quantitative estimate of drug-likeness (QED) is 0.476. The van der Waals surface area contributed by atoms with Crippen LogP contribution in [-0.2, 0) is 0 Å². The number of nitrogens with two attached hydrogens (primary N) is 1. The Morgan fingerprint density at radius 1 is 1.44 bits per heavy atom. The molecule has 0 aliphatic carbocycles. The lowest BCUT2D eigenvalue weighted by molar-refractivity contribution is 0.484. The summed E-state index contributed by atoms with van der Waals surface area (Å²) in [4.78, 5) is 0. The Bertz CT molecular complexity index is 331. The number of rotatable bonds is 6. The van der Waals surface area contributed by atoms with Crippen molar-refractivity contribution >= 4 is 15.9 Å². The summed E-state index contributed by atoms with van der Waals surface area (Å²) in [6.07, 6.45) is 4.46. The first-order chi connectivity index (χ1) is 7.69. The third-order valence-electron chi connectivity index (χ3n) is 2.64. The largest absolute Gasteiger partial charge is 0.271 e. The summed E-state index contributed by atoms with van der Waals surface area (Å²) in [5.41, 5.74) is 3.80. The molecule has 0 amide bonds. The van der Waals surface area contributed by atoms with Gasteiger partial charge in [0.2, 0.25) is 0 Å². The number of hydrogen-bond acceptors (Lipinski definition) is 2. The number of benzene rings is 1. The summed E-state index contributed by atoms with van der Waals surface area (Å²) in [5.74, 6) is 5.29. The van der Waals surface area contributed by atoms with Crippen LogP contribution in [-0.4, -0.2) is 0 Å². The molecule has 2 nitrogen and oxygen atoms in total. The molecule has 0 aromatic heterocycles. The van der Waals surface area contributed by atoms with Crippen LogP contribution in [0, 0.1) is 5.82 Å². The second-order valence-electron chi connectivity index (χ2n) is 3.88. The van der Waals surface area contributed by atoms with Gasteiger partial charge in [-0.2, -0.15) is 0 Å². The van der Waals surface area contributed by atoms with E-state index in [1.807, 2.05) is 0 Å². The van der Waals surface area contributed by atoms with Crippen molar-refractivity contribution in [1.82, 2.24) is 5.43 Å². The van der Waals surface area contributed by atoms with Crippen LogP contribution in [0.5, 0.6) is 0 Å². The maximum absolute atomic E-state index is 12.9. The lowest BCUT2D eigenvalue weighted by Gasteiger charge is -2.17. The zero-order chi connectivity index (χ0) is 12.0. The Morgan fingerprint density at radius 3 is 2.75 bits per heavy atom. The number of hydrogen-bond donors (Lipinski definition) is 2. The van der Waals surface area contributed by atoms with Gasteiger partial charge in [0.15, 0.2) is 0 Å². The smallest absolute Gasteiger partial charge is 0.124 e. The molecule has 1 aromatic carbocycles. The molecule has 0 aliphatic heterocycles. The van der Waals surface area contributed by atoms with Gasteiger partial charge in [-0.25, -0.2) is 4.39 Å². The fourth-order valence-corrected chi connectivity index (χ4v) is 2.34. The predicted octanol–water partition coefficient (Wildman–Crippen LogP) is 3.67. The van der Waals surface area contributed by atoms with E-state index >= 15 is 0 Å². The molecule has 0 saturated heterocycles. The van der Waals surface area contributed by atoms with Crippen LogP contribution in [0.4, 0.5) is 4.39 Å². The average Bonchev–Trinajstić information content (AvgIpc) is 2.26. The molecular formula is C12H18BrFN2. The molecule has 0 bridgehead atoms. The van der Waals surface area contributed by atoms with Gasteiger partial charge in [0.05, 0.1) is 0 Å². The van der Waals surface area contributed by atoms with Crippen LogP contribution in [0.25, 0.3) is 0 Å². The van der Waals surface area contributed by atoms with Gasteiger partial charge in [-0.1, -0.05) is 48.2 Å². The first-order valence-corrected chi connectivity index (χ1v) is 6.39. The molecule has 3 N–H and O–H groups in total. The van der Waals surface area contributed by atoms with Gasteiger partial charge in [0.1, 0.15) is 5.82 Å². The van der Waals surface area contributed by atoms with Crippen molar-refractivity contribution in [2.24, 2.45) is 5.84 Å².